The number of carboxylic acids is 1. The van der Waals surface area contributed by atoms with Gasteiger partial charge in [0, 0.05) is 30.5 Å². The predicted octanol–water partition coefficient (Wildman–Crippen LogP) is 2.54. The Morgan fingerprint density at radius 2 is 1.88 bits per heavy atom. The summed E-state index contributed by atoms with van der Waals surface area (Å²) < 4.78 is 1.51. The van der Waals surface area contributed by atoms with Gasteiger partial charge in [-0.1, -0.05) is 24.3 Å². The van der Waals surface area contributed by atoms with E-state index in [1.807, 2.05) is 19.9 Å². The van der Waals surface area contributed by atoms with E-state index in [0.29, 0.717) is 11.8 Å². The third-order valence-corrected chi connectivity index (χ3v) is 4.79. The van der Waals surface area contributed by atoms with E-state index in [0.717, 1.165) is 30.8 Å². The second kappa shape index (κ2) is 6.25. The Labute approximate surface area is 150 Å². The Balaban J connectivity index is 1.72. The lowest BCUT2D eigenvalue weighted by molar-refractivity contribution is 0.0690. The van der Waals surface area contributed by atoms with Crippen molar-refractivity contribution in [1.82, 2.24) is 19.7 Å². The lowest BCUT2D eigenvalue weighted by Gasteiger charge is -2.29. The van der Waals surface area contributed by atoms with Crippen LogP contribution in [0.15, 0.2) is 36.5 Å². The first-order chi connectivity index (χ1) is 12.5. The number of aromatic nitrogens is 4. The monoisotopic (exact) mass is 349 g/mol. The molecule has 0 radical (unpaired) electrons. The number of hydrogen-bond donors (Lipinski definition) is 1. The van der Waals surface area contributed by atoms with Crippen molar-refractivity contribution in [1.29, 1.82) is 0 Å². The van der Waals surface area contributed by atoms with Crippen LogP contribution in [-0.2, 0) is 13.0 Å². The number of nitrogens with zero attached hydrogens (tertiary/aromatic N) is 5. The molecule has 1 N–H and O–H groups in total. The Kier molecular flexibility index (Phi) is 3.91. The fourth-order valence-electron chi connectivity index (χ4n) is 3.19. The lowest BCUT2D eigenvalue weighted by atomic mass is 10.0. The molecule has 4 rings (SSSR count). The van der Waals surface area contributed by atoms with E-state index in [1.165, 1.54) is 21.9 Å². The van der Waals surface area contributed by atoms with E-state index in [9.17, 15) is 4.79 Å². The maximum absolute atomic E-state index is 11.1. The zero-order chi connectivity index (χ0) is 18.3. The molecule has 0 spiro atoms. The number of benzene rings is 1. The van der Waals surface area contributed by atoms with Gasteiger partial charge in [-0.15, -0.1) is 0 Å². The molecular weight excluding hydrogens is 330 g/mol. The number of hydrogen-bond acceptors (Lipinski definition) is 5. The molecule has 0 atom stereocenters. The van der Waals surface area contributed by atoms with E-state index in [4.69, 9.17) is 10.1 Å². The summed E-state index contributed by atoms with van der Waals surface area (Å²) in [5, 5.41) is 13.2. The molecule has 0 fully saturated rings. The highest BCUT2D eigenvalue weighted by Crippen LogP contribution is 2.24. The molecule has 26 heavy (non-hydrogen) atoms. The number of aryl methyl sites for hydroxylation is 1. The molecule has 1 aliphatic rings. The first kappa shape index (κ1) is 16.3. The molecule has 0 saturated heterocycles. The van der Waals surface area contributed by atoms with Gasteiger partial charge in [-0.25, -0.2) is 14.5 Å². The SMILES string of the molecule is Cc1nc(N2CCc3ccccc3C2)nc(-n2ccc(C(=O)O)n2)c1C. The first-order valence-electron chi connectivity index (χ1n) is 8.49. The van der Waals surface area contributed by atoms with E-state index < -0.39 is 5.97 Å². The van der Waals surface area contributed by atoms with Crippen LogP contribution in [0.5, 0.6) is 0 Å². The summed E-state index contributed by atoms with van der Waals surface area (Å²) in [7, 11) is 0. The minimum atomic E-state index is -1.06. The van der Waals surface area contributed by atoms with Gasteiger partial charge in [0.25, 0.3) is 0 Å². The van der Waals surface area contributed by atoms with Crippen molar-refractivity contribution in [2.24, 2.45) is 0 Å². The fourth-order valence-corrected chi connectivity index (χ4v) is 3.19. The number of fused-ring (bicyclic) bond motifs is 1. The van der Waals surface area contributed by atoms with Crippen molar-refractivity contribution >= 4 is 11.9 Å². The van der Waals surface area contributed by atoms with Gasteiger partial charge in [0.2, 0.25) is 5.95 Å². The molecule has 3 aromatic rings. The Hall–Kier alpha value is -3.22. The second-order valence-corrected chi connectivity index (χ2v) is 6.45. The van der Waals surface area contributed by atoms with Gasteiger partial charge in [0.15, 0.2) is 11.5 Å². The maximum Gasteiger partial charge on any atom is 0.356 e. The summed E-state index contributed by atoms with van der Waals surface area (Å²) in [5.41, 5.74) is 4.39. The number of rotatable bonds is 3. The molecule has 0 unspecified atom stereocenters. The molecule has 132 valence electrons. The van der Waals surface area contributed by atoms with Crippen LogP contribution in [0.4, 0.5) is 5.95 Å². The van der Waals surface area contributed by atoms with Crippen LogP contribution >= 0.6 is 0 Å². The normalized spacial score (nSPS) is 13.5. The van der Waals surface area contributed by atoms with E-state index in [-0.39, 0.29) is 5.69 Å². The van der Waals surface area contributed by atoms with Crippen LogP contribution in [0.1, 0.15) is 32.9 Å². The Bertz CT molecular complexity index is 995. The van der Waals surface area contributed by atoms with E-state index in [2.05, 4.69) is 33.2 Å². The molecule has 1 aromatic carbocycles. The summed E-state index contributed by atoms with van der Waals surface area (Å²) in [5.74, 6) is 0.198. The summed E-state index contributed by atoms with van der Waals surface area (Å²) in [6.45, 7) is 5.46. The smallest absolute Gasteiger partial charge is 0.356 e. The van der Waals surface area contributed by atoms with Crippen LogP contribution in [0.25, 0.3) is 5.82 Å². The molecule has 0 aliphatic carbocycles. The summed E-state index contributed by atoms with van der Waals surface area (Å²) in [6.07, 6.45) is 2.57. The maximum atomic E-state index is 11.1. The van der Waals surface area contributed by atoms with Crippen LogP contribution in [0.3, 0.4) is 0 Å². The molecule has 7 heteroatoms. The van der Waals surface area contributed by atoms with Crippen molar-refractivity contribution in [2.45, 2.75) is 26.8 Å². The van der Waals surface area contributed by atoms with Gasteiger partial charge in [0.1, 0.15) is 0 Å². The van der Waals surface area contributed by atoms with Crippen LogP contribution < -0.4 is 4.90 Å². The summed E-state index contributed by atoms with van der Waals surface area (Å²) in [6, 6.07) is 9.88. The van der Waals surface area contributed by atoms with Gasteiger partial charge in [0.05, 0.1) is 0 Å². The van der Waals surface area contributed by atoms with Gasteiger partial charge in [-0.3, -0.25) is 0 Å². The zero-order valence-electron chi connectivity index (χ0n) is 14.7. The first-order valence-corrected chi connectivity index (χ1v) is 8.49. The summed E-state index contributed by atoms with van der Waals surface area (Å²) >= 11 is 0. The largest absolute Gasteiger partial charge is 0.476 e. The topological polar surface area (TPSA) is 84.1 Å². The predicted molar refractivity (Wildman–Crippen MR) is 96.8 cm³/mol. The zero-order valence-corrected chi connectivity index (χ0v) is 14.7. The van der Waals surface area contributed by atoms with Crippen LogP contribution in [0.2, 0.25) is 0 Å². The van der Waals surface area contributed by atoms with Crippen molar-refractivity contribution in [3.05, 3.63) is 64.6 Å². The minimum Gasteiger partial charge on any atom is -0.476 e. The van der Waals surface area contributed by atoms with E-state index >= 15 is 0 Å². The molecule has 3 heterocycles. The highest BCUT2D eigenvalue weighted by molar-refractivity contribution is 5.85. The average molecular weight is 349 g/mol. The van der Waals surface area contributed by atoms with Crippen molar-refractivity contribution in [3.8, 4) is 5.82 Å². The average Bonchev–Trinajstić information content (AvgIpc) is 3.13. The van der Waals surface area contributed by atoms with Gasteiger partial charge in [-0.05, 0) is 37.5 Å². The van der Waals surface area contributed by atoms with Crippen LogP contribution in [-0.4, -0.2) is 37.4 Å². The number of carboxylic acid groups (broad SMARTS) is 1. The van der Waals surface area contributed by atoms with Crippen LogP contribution in [0, 0.1) is 13.8 Å². The summed E-state index contributed by atoms with van der Waals surface area (Å²) in [4.78, 5) is 22.6. The standard InChI is InChI=1S/C19H19N5O2/c1-12-13(2)20-19(21-17(12)24-10-8-16(22-24)18(25)26)23-9-7-14-5-3-4-6-15(14)11-23/h3-6,8,10H,7,9,11H2,1-2H3,(H,25,26). The van der Waals surface area contributed by atoms with Gasteiger partial charge in [-0.2, -0.15) is 10.1 Å². The Morgan fingerprint density at radius 3 is 2.62 bits per heavy atom. The lowest BCUT2D eigenvalue weighted by Crippen LogP contribution is -2.32. The molecule has 0 bridgehead atoms. The molecular formula is C19H19N5O2. The van der Waals surface area contributed by atoms with Crippen molar-refractivity contribution in [3.63, 3.8) is 0 Å². The number of carbonyl (C=O) groups is 1. The minimum absolute atomic E-state index is 0.00545. The number of anilines is 1. The third kappa shape index (κ3) is 2.81. The quantitative estimate of drug-likeness (QED) is 0.782. The van der Waals surface area contributed by atoms with E-state index in [1.54, 1.807) is 6.20 Å². The van der Waals surface area contributed by atoms with Gasteiger partial charge >= 0.3 is 5.97 Å². The second-order valence-electron chi connectivity index (χ2n) is 6.45. The third-order valence-electron chi connectivity index (χ3n) is 4.79. The molecule has 0 saturated carbocycles. The molecule has 0 amide bonds. The van der Waals surface area contributed by atoms with Crippen molar-refractivity contribution in [2.75, 3.05) is 11.4 Å². The Morgan fingerprint density at radius 1 is 1.12 bits per heavy atom. The van der Waals surface area contributed by atoms with Crippen molar-refractivity contribution < 1.29 is 9.90 Å². The molecule has 7 nitrogen and oxygen atoms in total. The molecule has 1 aliphatic heterocycles. The highest BCUT2D eigenvalue weighted by atomic mass is 16.4. The highest BCUT2D eigenvalue weighted by Gasteiger charge is 2.21. The molecule has 2 aromatic heterocycles. The fraction of sp³-hybridized carbons (Fsp3) is 0.263. The number of aromatic carboxylic acids is 1. The van der Waals surface area contributed by atoms with Gasteiger partial charge < -0.3 is 10.0 Å².